The number of ether oxygens (including phenoxy) is 1. The van der Waals surface area contributed by atoms with Crippen LogP contribution in [0.1, 0.15) is 12.8 Å². The standard InChI is InChI=1S/C14H18ClNO2S/c15-12-1-3-13(4-2-12)19-10-14(17)16-7-5-11-6-8-18-9-11/h1-4,11H,5-10H2,(H,16,17)/t11-/m0/s1. The Bertz CT molecular complexity index is 404. The van der Waals surface area contributed by atoms with Crippen LogP contribution in [0.4, 0.5) is 0 Å². The first-order valence-electron chi connectivity index (χ1n) is 6.47. The molecular formula is C14H18ClNO2S. The Kier molecular flexibility index (Phi) is 6.01. The molecule has 0 aliphatic carbocycles. The van der Waals surface area contributed by atoms with Gasteiger partial charge in [-0.3, -0.25) is 4.79 Å². The molecule has 2 rings (SSSR count). The molecule has 1 saturated heterocycles. The molecule has 1 aromatic rings. The molecule has 0 spiro atoms. The fourth-order valence-electron chi connectivity index (χ4n) is 1.96. The molecule has 0 radical (unpaired) electrons. The highest BCUT2D eigenvalue weighted by Gasteiger charge is 2.15. The van der Waals surface area contributed by atoms with Gasteiger partial charge in [0.05, 0.1) is 5.75 Å². The molecule has 1 aromatic carbocycles. The summed E-state index contributed by atoms with van der Waals surface area (Å²) >= 11 is 7.33. The molecule has 1 aliphatic heterocycles. The minimum absolute atomic E-state index is 0.0823. The maximum atomic E-state index is 11.7. The predicted octanol–water partition coefficient (Wildman–Crippen LogP) is 2.97. The molecule has 0 unspecified atom stereocenters. The van der Waals surface area contributed by atoms with Gasteiger partial charge in [-0.15, -0.1) is 11.8 Å². The van der Waals surface area contributed by atoms with Crippen molar-refractivity contribution in [1.82, 2.24) is 5.32 Å². The van der Waals surface area contributed by atoms with Crippen molar-refractivity contribution in [2.75, 3.05) is 25.5 Å². The predicted molar refractivity (Wildman–Crippen MR) is 78.7 cm³/mol. The number of benzene rings is 1. The summed E-state index contributed by atoms with van der Waals surface area (Å²) in [5, 5.41) is 3.67. The fourth-order valence-corrected chi connectivity index (χ4v) is 2.81. The van der Waals surface area contributed by atoms with Crippen molar-refractivity contribution < 1.29 is 9.53 Å². The Morgan fingerprint density at radius 3 is 2.89 bits per heavy atom. The third-order valence-electron chi connectivity index (χ3n) is 3.08. The second-order valence-electron chi connectivity index (χ2n) is 4.61. The van der Waals surface area contributed by atoms with E-state index in [0.29, 0.717) is 16.7 Å². The van der Waals surface area contributed by atoms with Crippen LogP contribution in [0, 0.1) is 5.92 Å². The van der Waals surface area contributed by atoms with Crippen LogP contribution in [0.2, 0.25) is 5.02 Å². The average molecular weight is 300 g/mol. The summed E-state index contributed by atoms with van der Waals surface area (Å²) in [4.78, 5) is 12.7. The van der Waals surface area contributed by atoms with Gasteiger partial charge >= 0.3 is 0 Å². The van der Waals surface area contributed by atoms with Crippen LogP contribution in [0.15, 0.2) is 29.2 Å². The Morgan fingerprint density at radius 1 is 1.42 bits per heavy atom. The van der Waals surface area contributed by atoms with E-state index in [0.717, 1.165) is 37.5 Å². The average Bonchev–Trinajstić information content (AvgIpc) is 2.91. The van der Waals surface area contributed by atoms with E-state index >= 15 is 0 Å². The number of hydrogen-bond donors (Lipinski definition) is 1. The van der Waals surface area contributed by atoms with Gasteiger partial charge in [0, 0.05) is 29.7 Å². The molecule has 1 heterocycles. The molecule has 3 nitrogen and oxygen atoms in total. The Morgan fingerprint density at radius 2 is 2.21 bits per heavy atom. The minimum Gasteiger partial charge on any atom is -0.381 e. The van der Waals surface area contributed by atoms with Crippen LogP contribution in [0.3, 0.4) is 0 Å². The number of carbonyl (C=O) groups excluding carboxylic acids is 1. The highest BCUT2D eigenvalue weighted by molar-refractivity contribution is 8.00. The third kappa shape index (κ3) is 5.43. The van der Waals surface area contributed by atoms with Crippen molar-refractivity contribution in [3.63, 3.8) is 0 Å². The van der Waals surface area contributed by atoms with Crippen LogP contribution in [-0.2, 0) is 9.53 Å². The van der Waals surface area contributed by atoms with Gasteiger partial charge < -0.3 is 10.1 Å². The molecular weight excluding hydrogens is 282 g/mol. The molecule has 1 amide bonds. The van der Waals surface area contributed by atoms with Gasteiger partial charge in [-0.25, -0.2) is 0 Å². The molecule has 1 fully saturated rings. The van der Waals surface area contributed by atoms with Crippen molar-refractivity contribution in [2.24, 2.45) is 5.92 Å². The van der Waals surface area contributed by atoms with E-state index in [4.69, 9.17) is 16.3 Å². The molecule has 1 N–H and O–H groups in total. The number of hydrogen-bond acceptors (Lipinski definition) is 3. The van der Waals surface area contributed by atoms with E-state index in [1.165, 1.54) is 11.8 Å². The molecule has 0 aromatic heterocycles. The van der Waals surface area contributed by atoms with E-state index in [2.05, 4.69) is 5.32 Å². The molecule has 0 bridgehead atoms. The van der Waals surface area contributed by atoms with Crippen LogP contribution in [0.5, 0.6) is 0 Å². The maximum absolute atomic E-state index is 11.7. The van der Waals surface area contributed by atoms with Crippen LogP contribution >= 0.6 is 23.4 Å². The largest absolute Gasteiger partial charge is 0.381 e. The summed E-state index contributed by atoms with van der Waals surface area (Å²) in [6, 6.07) is 7.52. The summed E-state index contributed by atoms with van der Waals surface area (Å²) in [7, 11) is 0. The summed E-state index contributed by atoms with van der Waals surface area (Å²) in [6.07, 6.45) is 2.13. The van der Waals surface area contributed by atoms with Crippen molar-refractivity contribution in [1.29, 1.82) is 0 Å². The number of carbonyl (C=O) groups is 1. The van der Waals surface area contributed by atoms with Crippen LogP contribution in [-0.4, -0.2) is 31.4 Å². The highest BCUT2D eigenvalue weighted by atomic mass is 35.5. The van der Waals surface area contributed by atoms with Crippen molar-refractivity contribution >= 4 is 29.3 Å². The van der Waals surface area contributed by atoms with Gasteiger partial charge in [-0.1, -0.05) is 11.6 Å². The van der Waals surface area contributed by atoms with Crippen LogP contribution < -0.4 is 5.32 Å². The van der Waals surface area contributed by atoms with Gasteiger partial charge in [-0.2, -0.15) is 0 Å². The first-order valence-corrected chi connectivity index (χ1v) is 7.83. The number of nitrogens with one attached hydrogen (secondary N) is 1. The van der Waals surface area contributed by atoms with E-state index in [-0.39, 0.29) is 5.91 Å². The third-order valence-corrected chi connectivity index (χ3v) is 4.35. The molecule has 0 saturated carbocycles. The number of thioether (sulfide) groups is 1. The minimum atomic E-state index is 0.0823. The SMILES string of the molecule is O=C(CSc1ccc(Cl)cc1)NCC[C@H]1CCOC1. The molecule has 5 heteroatoms. The van der Waals surface area contributed by atoms with Gasteiger partial charge in [0.1, 0.15) is 0 Å². The lowest BCUT2D eigenvalue weighted by Crippen LogP contribution is -2.27. The maximum Gasteiger partial charge on any atom is 0.230 e. The van der Waals surface area contributed by atoms with Crippen molar-refractivity contribution in [3.8, 4) is 0 Å². The van der Waals surface area contributed by atoms with E-state index < -0.39 is 0 Å². The van der Waals surface area contributed by atoms with E-state index in [1.54, 1.807) is 0 Å². The second-order valence-corrected chi connectivity index (χ2v) is 6.10. The number of amides is 1. The topological polar surface area (TPSA) is 38.3 Å². The van der Waals surface area contributed by atoms with E-state index in [9.17, 15) is 4.79 Å². The second kappa shape index (κ2) is 7.78. The monoisotopic (exact) mass is 299 g/mol. The van der Waals surface area contributed by atoms with E-state index in [1.807, 2.05) is 24.3 Å². The number of rotatable bonds is 6. The van der Waals surface area contributed by atoms with Gasteiger partial charge in [0.15, 0.2) is 0 Å². The zero-order chi connectivity index (χ0) is 13.5. The Balaban J connectivity index is 1.60. The Hall–Kier alpha value is -0.710. The normalized spacial score (nSPS) is 18.5. The summed E-state index contributed by atoms with van der Waals surface area (Å²) < 4.78 is 5.30. The lowest BCUT2D eigenvalue weighted by Gasteiger charge is -2.08. The summed E-state index contributed by atoms with van der Waals surface area (Å²) in [6.45, 7) is 2.45. The molecule has 19 heavy (non-hydrogen) atoms. The molecule has 1 atom stereocenters. The van der Waals surface area contributed by atoms with Crippen molar-refractivity contribution in [3.05, 3.63) is 29.3 Å². The smallest absolute Gasteiger partial charge is 0.230 e. The van der Waals surface area contributed by atoms with Gasteiger partial charge in [-0.05, 0) is 43.0 Å². The summed E-state index contributed by atoms with van der Waals surface area (Å²) in [5.74, 6) is 1.14. The van der Waals surface area contributed by atoms with Crippen LogP contribution in [0.25, 0.3) is 0 Å². The fraction of sp³-hybridized carbons (Fsp3) is 0.500. The zero-order valence-electron chi connectivity index (χ0n) is 10.7. The van der Waals surface area contributed by atoms with Crippen molar-refractivity contribution in [2.45, 2.75) is 17.7 Å². The number of halogens is 1. The Labute approximate surface area is 123 Å². The quantitative estimate of drug-likeness (QED) is 0.821. The first-order chi connectivity index (χ1) is 9.24. The molecule has 104 valence electrons. The molecule has 1 aliphatic rings. The zero-order valence-corrected chi connectivity index (χ0v) is 12.3. The first kappa shape index (κ1) is 14.7. The lowest BCUT2D eigenvalue weighted by molar-refractivity contribution is -0.118. The highest BCUT2D eigenvalue weighted by Crippen LogP contribution is 2.20. The van der Waals surface area contributed by atoms with Gasteiger partial charge in [0.2, 0.25) is 5.91 Å². The summed E-state index contributed by atoms with van der Waals surface area (Å²) in [5.41, 5.74) is 0. The van der Waals surface area contributed by atoms with Gasteiger partial charge in [0.25, 0.3) is 0 Å². The lowest BCUT2D eigenvalue weighted by atomic mass is 10.1.